The van der Waals surface area contributed by atoms with Crippen LogP contribution in [-0.2, 0) is 6.54 Å². The van der Waals surface area contributed by atoms with E-state index in [4.69, 9.17) is 4.74 Å². The molecule has 27 heavy (non-hydrogen) atoms. The SMILES string of the molecule is CCOc1ccc(C(=O)N=c2sc3c(C)cc(C)cc3n2CCSC)cc1. The molecule has 142 valence electrons. The van der Waals surface area contributed by atoms with Crippen molar-refractivity contribution in [2.75, 3.05) is 18.6 Å². The van der Waals surface area contributed by atoms with Crippen molar-refractivity contribution >= 4 is 39.2 Å². The molecule has 2 aromatic carbocycles. The summed E-state index contributed by atoms with van der Waals surface area (Å²) in [7, 11) is 0. The molecule has 1 heterocycles. The van der Waals surface area contributed by atoms with Crippen LogP contribution in [0.1, 0.15) is 28.4 Å². The third-order valence-electron chi connectivity index (χ3n) is 4.24. The van der Waals surface area contributed by atoms with E-state index in [1.165, 1.54) is 15.8 Å². The Bertz CT molecular complexity index is 1020. The monoisotopic (exact) mass is 400 g/mol. The second kappa shape index (κ2) is 8.76. The molecule has 0 unspecified atom stereocenters. The van der Waals surface area contributed by atoms with Gasteiger partial charge in [0.05, 0.1) is 16.8 Å². The van der Waals surface area contributed by atoms with E-state index in [2.05, 4.69) is 41.8 Å². The Morgan fingerprint density at radius 2 is 1.96 bits per heavy atom. The van der Waals surface area contributed by atoms with Gasteiger partial charge in [0.15, 0.2) is 4.80 Å². The third kappa shape index (κ3) is 4.45. The first kappa shape index (κ1) is 19.7. The van der Waals surface area contributed by atoms with Crippen molar-refractivity contribution in [2.45, 2.75) is 27.3 Å². The van der Waals surface area contributed by atoms with E-state index in [9.17, 15) is 4.79 Å². The van der Waals surface area contributed by atoms with E-state index in [1.807, 2.05) is 19.1 Å². The van der Waals surface area contributed by atoms with Gasteiger partial charge in [-0.2, -0.15) is 16.8 Å². The normalized spacial score (nSPS) is 11.9. The highest BCUT2D eigenvalue weighted by Gasteiger charge is 2.11. The number of aromatic nitrogens is 1. The number of carbonyl (C=O) groups excluding carboxylic acids is 1. The van der Waals surface area contributed by atoms with Gasteiger partial charge in [-0.15, -0.1) is 0 Å². The molecule has 0 bridgehead atoms. The van der Waals surface area contributed by atoms with Crippen LogP contribution >= 0.6 is 23.1 Å². The van der Waals surface area contributed by atoms with E-state index >= 15 is 0 Å². The second-order valence-corrected chi connectivity index (χ2v) is 8.30. The average molecular weight is 401 g/mol. The van der Waals surface area contributed by atoms with Gasteiger partial charge in [0.2, 0.25) is 0 Å². The van der Waals surface area contributed by atoms with E-state index < -0.39 is 0 Å². The Morgan fingerprint density at radius 3 is 2.63 bits per heavy atom. The lowest BCUT2D eigenvalue weighted by molar-refractivity contribution is 0.0998. The minimum atomic E-state index is -0.225. The highest BCUT2D eigenvalue weighted by atomic mass is 32.2. The number of nitrogens with zero attached hydrogens (tertiary/aromatic N) is 2. The molecule has 0 aliphatic carbocycles. The van der Waals surface area contributed by atoms with Crippen LogP contribution in [0.4, 0.5) is 0 Å². The minimum Gasteiger partial charge on any atom is -0.494 e. The Kier molecular flexibility index (Phi) is 6.39. The lowest BCUT2D eigenvalue weighted by Gasteiger charge is -2.06. The van der Waals surface area contributed by atoms with E-state index in [-0.39, 0.29) is 5.91 Å². The maximum atomic E-state index is 12.7. The van der Waals surface area contributed by atoms with Gasteiger partial charge in [0, 0.05) is 17.9 Å². The van der Waals surface area contributed by atoms with Gasteiger partial charge in [-0.3, -0.25) is 4.79 Å². The van der Waals surface area contributed by atoms with E-state index in [0.29, 0.717) is 12.2 Å². The average Bonchev–Trinajstić information content (AvgIpc) is 2.98. The fourth-order valence-electron chi connectivity index (χ4n) is 3.01. The van der Waals surface area contributed by atoms with Crippen LogP contribution in [0, 0.1) is 13.8 Å². The molecule has 0 fully saturated rings. The zero-order chi connectivity index (χ0) is 19.4. The van der Waals surface area contributed by atoms with Crippen LogP contribution in [0.2, 0.25) is 0 Å². The first-order valence-corrected chi connectivity index (χ1v) is 11.2. The lowest BCUT2D eigenvalue weighted by Crippen LogP contribution is -2.18. The number of aryl methyl sites for hydroxylation is 3. The quantitative estimate of drug-likeness (QED) is 0.596. The Balaban J connectivity index is 2.05. The number of ether oxygens (including phenoxy) is 1. The van der Waals surface area contributed by atoms with Crippen molar-refractivity contribution in [3.63, 3.8) is 0 Å². The summed E-state index contributed by atoms with van der Waals surface area (Å²) < 4.78 is 8.80. The number of thiazole rings is 1. The van der Waals surface area contributed by atoms with Crippen molar-refractivity contribution in [1.29, 1.82) is 0 Å². The summed E-state index contributed by atoms with van der Waals surface area (Å²) in [6, 6.07) is 11.5. The van der Waals surface area contributed by atoms with Crippen molar-refractivity contribution in [3.8, 4) is 5.75 Å². The van der Waals surface area contributed by atoms with Crippen molar-refractivity contribution in [1.82, 2.24) is 4.57 Å². The first-order chi connectivity index (χ1) is 13.0. The van der Waals surface area contributed by atoms with Crippen molar-refractivity contribution in [2.24, 2.45) is 4.99 Å². The van der Waals surface area contributed by atoms with Gasteiger partial charge >= 0.3 is 0 Å². The Morgan fingerprint density at radius 1 is 1.22 bits per heavy atom. The van der Waals surface area contributed by atoms with Gasteiger partial charge in [-0.1, -0.05) is 17.4 Å². The lowest BCUT2D eigenvalue weighted by atomic mass is 10.1. The number of carbonyl (C=O) groups is 1. The molecular formula is C21H24N2O2S2. The largest absolute Gasteiger partial charge is 0.494 e. The highest BCUT2D eigenvalue weighted by molar-refractivity contribution is 7.98. The molecule has 0 N–H and O–H groups in total. The van der Waals surface area contributed by atoms with Gasteiger partial charge in [0.25, 0.3) is 5.91 Å². The van der Waals surface area contributed by atoms with Crippen LogP contribution in [0.15, 0.2) is 41.4 Å². The zero-order valence-corrected chi connectivity index (χ0v) is 17.7. The molecule has 3 rings (SSSR count). The van der Waals surface area contributed by atoms with Crippen LogP contribution in [0.3, 0.4) is 0 Å². The third-order valence-corrected chi connectivity index (χ3v) is 6.06. The topological polar surface area (TPSA) is 43.6 Å². The van der Waals surface area contributed by atoms with Crippen LogP contribution in [0.5, 0.6) is 5.75 Å². The predicted molar refractivity (Wildman–Crippen MR) is 115 cm³/mol. The molecule has 0 saturated carbocycles. The molecule has 1 amide bonds. The van der Waals surface area contributed by atoms with E-state index in [0.717, 1.165) is 28.4 Å². The molecule has 0 aliphatic heterocycles. The van der Waals surface area contributed by atoms with Gasteiger partial charge in [0.1, 0.15) is 5.75 Å². The molecule has 0 aliphatic rings. The number of hydrogen-bond donors (Lipinski definition) is 0. The summed E-state index contributed by atoms with van der Waals surface area (Å²) >= 11 is 3.38. The molecular weight excluding hydrogens is 376 g/mol. The zero-order valence-electron chi connectivity index (χ0n) is 16.1. The Hall–Kier alpha value is -2.05. The standard InChI is InChI=1S/C21H24N2O2S2/c1-5-25-17-8-6-16(7-9-17)20(24)22-21-23(10-11-26-4)18-13-14(2)12-15(3)19(18)27-21/h6-9,12-13H,5,10-11H2,1-4H3. The number of amides is 1. The van der Waals surface area contributed by atoms with Gasteiger partial charge in [-0.25, -0.2) is 0 Å². The summed E-state index contributed by atoms with van der Waals surface area (Å²) in [4.78, 5) is 17.9. The molecule has 6 heteroatoms. The fourth-order valence-corrected chi connectivity index (χ4v) is 4.48. The van der Waals surface area contributed by atoms with Crippen LogP contribution < -0.4 is 9.54 Å². The molecule has 0 radical (unpaired) electrons. The maximum Gasteiger partial charge on any atom is 0.279 e. The number of benzene rings is 2. The molecule has 1 aromatic heterocycles. The maximum absolute atomic E-state index is 12.7. The fraction of sp³-hybridized carbons (Fsp3) is 0.333. The van der Waals surface area contributed by atoms with Gasteiger partial charge < -0.3 is 9.30 Å². The van der Waals surface area contributed by atoms with Crippen LogP contribution in [0.25, 0.3) is 10.2 Å². The summed E-state index contributed by atoms with van der Waals surface area (Å²) in [6.07, 6.45) is 2.09. The number of rotatable bonds is 6. The number of thioether (sulfide) groups is 1. The number of hydrogen-bond acceptors (Lipinski definition) is 4. The summed E-state index contributed by atoms with van der Waals surface area (Å²) in [5.74, 6) is 1.51. The Labute approximate surface area is 167 Å². The highest BCUT2D eigenvalue weighted by Crippen LogP contribution is 2.24. The molecule has 0 saturated heterocycles. The van der Waals surface area contributed by atoms with Gasteiger partial charge in [-0.05, 0) is 68.5 Å². The van der Waals surface area contributed by atoms with Crippen molar-refractivity contribution < 1.29 is 9.53 Å². The van der Waals surface area contributed by atoms with Crippen LogP contribution in [-0.4, -0.2) is 29.1 Å². The number of fused-ring (bicyclic) bond motifs is 1. The van der Waals surface area contributed by atoms with E-state index in [1.54, 1.807) is 35.2 Å². The molecule has 0 spiro atoms. The summed E-state index contributed by atoms with van der Waals surface area (Å²) in [5, 5.41) is 0. The molecule has 0 atom stereocenters. The summed E-state index contributed by atoms with van der Waals surface area (Å²) in [5.41, 5.74) is 4.17. The summed E-state index contributed by atoms with van der Waals surface area (Å²) in [6.45, 7) is 7.59. The predicted octanol–water partition coefficient (Wildman–Crippen LogP) is 4.82. The molecule has 4 nitrogen and oxygen atoms in total. The second-order valence-electron chi connectivity index (χ2n) is 6.33. The molecule has 3 aromatic rings. The minimum absolute atomic E-state index is 0.225. The first-order valence-electron chi connectivity index (χ1n) is 8.95. The van der Waals surface area contributed by atoms with Crippen molar-refractivity contribution in [3.05, 3.63) is 57.9 Å². The smallest absolute Gasteiger partial charge is 0.279 e.